The summed E-state index contributed by atoms with van der Waals surface area (Å²) < 4.78 is 4.98. The Kier molecular flexibility index (Phi) is 6.08. The summed E-state index contributed by atoms with van der Waals surface area (Å²) in [6.07, 6.45) is 1.63. The molecule has 106 valence electrons. The Hall–Kier alpha value is -1.99. The zero-order chi connectivity index (χ0) is 15.1. The fourth-order valence-electron chi connectivity index (χ4n) is 1.64. The lowest BCUT2D eigenvalue weighted by Crippen LogP contribution is -2.08. The molecule has 1 rings (SSSR count). The molecule has 5 heteroatoms. The molecule has 1 unspecified atom stereocenters. The first-order valence-corrected chi connectivity index (χ1v) is 6.58. The number of carbonyl (C=O) groups is 1. The van der Waals surface area contributed by atoms with Gasteiger partial charge in [-0.25, -0.2) is 4.79 Å². The molecule has 0 fully saturated rings. The molecule has 0 saturated heterocycles. The van der Waals surface area contributed by atoms with Gasteiger partial charge in [-0.3, -0.25) is 0 Å². The van der Waals surface area contributed by atoms with E-state index < -0.39 is 5.97 Å². The van der Waals surface area contributed by atoms with Crippen LogP contribution in [0.2, 0.25) is 5.02 Å². The number of ether oxygens (including phenoxy) is 1. The number of nitrogens with two attached hydrogens (primary N) is 1. The average Bonchev–Trinajstić information content (AvgIpc) is 2.37. The maximum atomic E-state index is 11.3. The maximum Gasteiger partial charge on any atom is 0.332 e. The van der Waals surface area contributed by atoms with Gasteiger partial charge in [-0.05, 0) is 31.0 Å². The minimum atomic E-state index is -0.497. The molecular weight excluding hydrogens is 276 g/mol. The highest BCUT2D eigenvalue weighted by molar-refractivity contribution is 6.31. The van der Waals surface area contributed by atoms with Crippen LogP contribution < -0.4 is 5.73 Å². The normalized spacial score (nSPS) is 12.6. The zero-order valence-corrected chi connectivity index (χ0v) is 12.3. The molecular formula is C15H17ClN2O2. The van der Waals surface area contributed by atoms with Crippen LogP contribution in [-0.4, -0.2) is 12.6 Å². The molecule has 0 aliphatic rings. The van der Waals surface area contributed by atoms with Crippen LogP contribution in [0.25, 0.3) is 0 Å². The third-order valence-electron chi connectivity index (χ3n) is 2.75. The Morgan fingerprint density at radius 3 is 2.85 bits per heavy atom. The molecule has 1 atom stereocenters. The van der Waals surface area contributed by atoms with Crippen LogP contribution in [0.3, 0.4) is 0 Å². The summed E-state index contributed by atoms with van der Waals surface area (Å²) in [7, 11) is 0. The molecule has 1 aromatic rings. The van der Waals surface area contributed by atoms with Gasteiger partial charge in [0.05, 0.1) is 18.6 Å². The Morgan fingerprint density at radius 2 is 2.30 bits per heavy atom. The summed E-state index contributed by atoms with van der Waals surface area (Å²) in [5.74, 6) is -0.854. The largest absolute Gasteiger partial charge is 0.462 e. The van der Waals surface area contributed by atoms with Crippen LogP contribution in [-0.2, 0) is 9.53 Å². The molecule has 0 aliphatic carbocycles. The van der Waals surface area contributed by atoms with Crippen LogP contribution in [0.5, 0.6) is 0 Å². The van der Waals surface area contributed by atoms with E-state index >= 15 is 0 Å². The number of carbonyl (C=O) groups excluding carboxylic acids is 1. The number of nitriles is 1. The van der Waals surface area contributed by atoms with Gasteiger partial charge in [-0.2, -0.15) is 5.26 Å². The Morgan fingerprint density at radius 1 is 1.60 bits per heavy atom. The second-order valence-corrected chi connectivity index (χ2v) is 4.94. The van der Waals surface area contributed by atoms with Crippen molar-refractivity contribution in [1.82, 2.24) is 0 Å². The van der Waals surface area contributed by atoms with Crippen LogP contribution in [0.1, 0.15) is 30.4 Å². The summed E-state index contributed by atoms with van der Waals surface area (Å²) in [6, 6.07) is 7.70. The summed E-state index contributed by atoms with van der Waals surface area (Å²) in [5, 5.41) is 9.81. The van der Waals surface area contributed by atoms with Crippen molar-refractivity contribution in [2.75, 3.05) is 6.61 Å². The molecule has 20 heavy (non-hydrogen) atoms. The van der Waals surface area contributed by atoms with Crippen LogP contribution >= 0.6 is 11.6 Å². The van der Waals surface area contributed by atoms with Gasteiger partial charge in [0.15, 0.2) is 0 Å². The first-order chi connectivity index (χ1) is 9.43. The zero-order valence-electron chi connectivity index (χ0n) is 11.5. The molecule has 0 aliphatic heterocycles. The Balaban J connectivity index is 2.60. The molecule has 4 nitrogen and oxygen atoms in total. The second-order valence-electron chi connectivity index (χ2n) is 4.53. The fourth-order valence-corrected chi connectivity index (χ4v) is 1.83. The van der Waals surface area contributed by atoms with E-state index in [9.17, 15) is 10.1 Å². The van der Waals surface area contributed by atoms with E-state index in [1.54, 1.807) is 13.0 Å². The number of hydrogen-bond acceptors (Lipinski definition) is 4. The predicted molar refractivity (Wildman–Crippen MR) is 78.1 cm³/mol. The number of rotatable bonds is 5. The lowest BCUT2D eigenvalue weighted by atomic mass is 9.97. The third kappa shape index (κ3) is 4.94. The van der Waals surface area contributed by atoms with Gasteiger partial charge in [0.25, 0.3) is 0 Å². The predicted octanol–water partition coefficient (Wildman–Crippen LogP) is 3.05. The second kappa shape index (κ2) is 7.56. The van der Waals surface area contributed by atoms with E-state index in [4.69, 9.17) is 22.1 Å². The highest BCUT2D eigenvalue weighted by Gasteiger charge is 2.12. The molecule has 0 saturated carbocycles. The van der Waals surface area contributed by atoms with Crippen molar-refractivity contribution in [3.05, 3.63) is 46.1 Å². The number of esters is 1. The van der Waals surface area contributed by atoms with Gasteiger partial charge in [-0.1, -0.05) is 23.7 Å². The molecule has 0 aromatic heterocycles. The minimum absolute atomic E-state index is 0.159. The summed E-state index contributed by atoms with van der Waals surface area (Å²) in [6.45, 7) is 3.66. The summed E-state index contributed by atoms with van der Waals surface area (Å²) in [4.78, 5) is 11.3. The number of halogens is 1. The van der Waals surface area contributed by atoms with Gasteiger partial charge in [0.2, 0.25) is 0 Å². The quantitative estimate of drug-likeness (QED) is 0.668. The molecule has 0 heterocycles. The smallest absolute Gasteiger partial charge is 0.332 e. The van der Waals surface area contributed by atoms with E-state index in [1.807, 2.05) is 19.1 Å². The summed E-state index contributed by atoms with van der Waals surface area (Å²) in [5.41, 5.74) is 7.54. The number of aryl methyl sites for hydroxylation is 1. The number of nitrogens with zero attached hydrogens (tertiary/aromatic N) is 1. The van der Waals surface area contributed by atoms with Crippen molar-refractivity contribution in [1.29, 1.82) is 5.26 Å². The van der Waals surface area contributed by atoms with E-state index in [0.717, 1.165) is 11.1 Å². The maximum absolute atomic E-state index is 11.3. The molecule has 0 amide bonds. The van der Waals surface area contributed by atoms with Crippen molar-refractivity contribution >= 4 is 17.6 Å². The van der Waals surface area contributed by atoms with E-state index in [2.05, 4.69) is 6.07 Å². The van der Waals surface area contributed by atoms with Crippen molar-refractivity contribution < 1.29 is 9.53 Å². The van der Waals surface area contributed by atoms with Gasteiger partial charge in [-0.15, -0.1) is 0 Å². The lowest BCUT2D eigenvalue weighted by molar-refractivity contribution is -0.137. The standard InChI is InChI=1S/C15H17ClN2O2/c1-10-3-4-12(8-14(10)16)13(9-17)5-6-20-15(19)7-11(2)18/h3-4,7-8,13H,5-6,18H2,1-2H3/b11-7-. The van der Waals surface area contributed by atoms with Crippen molar-refractivity contribution in [3.8, 4) is 6.07 Å². The van der Waals surface area contributed by atoms with Crippen molar-refractivity contribution in [2.24, 2.45) is 5.73 Å². The Bertz CT molecular complexity index is 557. The monoisotopic (exact) mass is 292 g/mol. The molecule has 0 bridgehead atoms. The fraction of sp³-hybridized carbons (Fsp3) is 0.333. The lowest BCUT2D eigenvalue weighted by Gasteiger charge is -2.10. The van der Waals surface area contributed by atoms with Gasteiger partial charge in [0, 0.05) is 23.2 Å². The first-order valence-electron chi connectivity index (χ1n) is 6.20. The van der Waals surface area contributed by atoms with Crippen LogP contribution in [0.4, 0.5) is 0 Å². The third-order valence-corrected chi connectivity index (χ3v) is 3.16. The van der Waals surface area contributed by atoms with Crippen molar-refractivity contribution in [3.63, 3.8) is 0 Å². The van der Waals surface area contributed by atoms with Crippen molar-refractivity contribution in [2.45, 2.75) is 26.2 Å². The van der Waals surface area contributed by atoms with E-state index in [-0.39, 0.29) is 12.5 Å². The molecule has 1 aromatic carbocycles. The van der Waals surface area contributed by atoms with Gasteiger partial charge >= 0.3 is 5.97 Å². The van der Waals surface area contributed by atoms with E-state index in [0.29, 0.717) is 17.1 Å². The molecule has 2 N–H and O–H groups in total. The van der Waals surface area contributed by atoms with Gasteiger partial charge < -0.3 is 10.5 Å². The molecule has 0 spiro atoms. The molecule has 0 radical (unpaired) electrons. The average molecular weight is 293 g/mol. The van der Waals surface area contributed by atoms with Crippen LogP contribution in [0.15, 0.2) is 30.0 Å². The van der Waals surface area contributed by atoms with Crippen LogP contribution in [0, 0.1) is 18.3 Å². The first kappa shape index (κ1) is 16.1. The Labute approximate surface area is 123 Å². The number of allylic oxidation sites excluding steroid dienone is 1. The highest BCUT2D eigenvalue weighted by atomic mass is 35.5. The minimum Gasteiger partial charge on any atom is -0.462 e. The highest BCUT2D eigenvalue weighted by Crippen LogP contribution is 2.24. The number of benzene rings is 1. The number of hydrogen-bond donors (Lipinski definition) is 1. The SMILES string of the molecule is C/C(N)=C/C(=O)OCCC(C#N)c1ccc(C)c(Cl)c1. The van der Waals surface area contributed by atoms with E-state index in [1.165, 1.54) is 6.08 Å². The topological polar surface area (TPSA) is 76.1 Å². The summed E-state index contributed by atoms with van der Waals surface area (Å²) >= 11 is 6.04. The van der Waals surface area contributed by atoms with Gasteiger partial charge in [0.1, 0.15) is 0 Å².